The molecule has 0 radical (unpaired) electrons. The van der Waals surface area contributed by atoms with Gasteiger partial charge >= 0.3 is 12.1 Å². The van der Waals surface area contributed by atoms with E-state index in [-0.39, 0.29) is 12.1 Å². The molecule has 0 bridgehead atoms. The largest absolute Gasteiger partial charge is 0.471 e. The molecule has 2 atom stereocenters. The lowest BCUT2D eigenvalue weighted by Gasteiger charge is -2.57. The maximum absolute atomic E-state index is 12.6. The summed E-state index contributed by atoms with van der Waals surface area (Å²) >= 11 is 0. The Balaban J connectivity index is 1.85. The number of alkyl halides is 3. The highest BCUT2D eigenvalue weighted by Crippen LogP contribution is 2.40. The third-order valence-corrected chi connectivity index (χ3v) is 5.15. The van der Waals surface area contributed by atoms with Gasteiger partial charge in [0.1, 0.15) is 0 Å². The zero-order valence-electron chi connectivity index (χ0n) is 14.6. The van der Waals surface area contributed by atoms with Crippen LogP contribution < -0.4 is 5.32 Å². The van der Waals surface area contributed by atoms with Crippen LogP contribution in [0.1, 0.15) is 31.0 Å². The standard InChI is InChI=1S/C20H21F3N2O/c1-14-19(2,24-18(26)20(21,22)23)13-25(14)17(15-9-5-3-6-10-15)16-11-7-4-8-12-16/h3-12,14,17H,13H2,1-2H3,(H,24,26). The summed E-state index contributed by atoms with van der Waals surface area (Å²) in [4.78, 5) is 13.5. The van der Waals surface area contributed by atoms with Crippen molar-refractivity contribution in [2.24, 2.45) is 0 Å². The van der Waals surface area contributed by atoms with E-state index in [1.807, 2.05) is 67.6 Å². The molecule has 3 nitrogen and oxygen atoms in total. The van der Waals surface area contributed by atoms with Gasteiger partial charge in [0.25, 0.3) is 0 Å². The lowest BCUT2D eigenvalue weighted by Crippen LogP contribution is -2.75. The van der Waals surface area contributed by atoms with E-state index in [0.29, 0.717) is 6.54 Å². The van der Waals surface area contributed by atoms with E-state index in [2.05, 4.69) is 10.2 Å². The molecule has 0 aromatic heterocycles. The van der Waals surface area contributed by atoms with Gasteiger partial charge in [0.15, 0.2) is 0 Å². The molecular weight excluding hydrogens is 341 g/mol. The molecule has 0 aliphatic carbocycles. The molecule has 1 fully saturated rings. The van der Waals surface area contributed by atoms with E-state index in [1.54, 1.807) is 6.92 Å². The molecule has 1 aliphatic heterocycles. The summed E-state index contributed by atoms with van der Waals surface area (Å²) in [6.07, 6.45) is -4.87. The molecule has 0 spiro atoms. The summed E-state index contributed by atoms with van der Waals surface area (Å²) < 4.78 is 37.9. The number of nitrogens with one attached hydrogen (secondary N) is 1. The minimum Gasteiger partial charge on any atom is -0.340 e. The number of carbonyl (C=O) groups is 1. The topological polar surface area (TPSA) is 32.3 Å². The predicted octanol–water partition coefficient (Wildman–Crippen LogP) is 3.92. The Bertz CT molecular complexity index is 724. The number of halogens is 3. The molecule has 1 N–H and O–H groups in total. The lowest BCUT2D eigenvalue weighted by atomic mass is 9.79. The average molecular weight is 362 g/mol. The molecule has 26 heavy (non-hydrogen) atoms. The second-order valence-corrected chi connectivity index (χ2v) is 6.94. The lowest BCUT2D eigenvalue weighted by molar-refractivity contribution is -0.179. The van der Waals surface area contributed by atoms with Crippen molar-refractivity contribution in [1.29, 1.82) is 0 Å². The molecular formula is C20H21F3N2O. The van der Waals surface area contributed by atoms with Gasteiger partial charge in [-0.2, -0.15) is 13.2 Å². The van der Waals surface area contributed by atoms with Crippen LogP contribution in [0.15, 0.2) is 60.7 Å². The highest BCUT2D eigenvalue weighted by atomic mass is 19.4. The SMILES string of the molecule is CC1N(C(c2ccccc2)c2ccccc2)CC1(C)NC(=O)C(F)(F)F. The second kappa shape index (κ2) is 6.76. The van der Waals surface area contributed by atoms with Crippen molar-refractivity contribution in [3.05, 3.63) is 71.8 Å². The smallest absolute Gasteiger partial charge is 0.340 e. The first-order valence-electron chi connectivity index (χ1n) is 8.47. The molecule has 1 heterocycles. The van der Waals surface area contributed by atoms with E-state index >= 15 is 0 Å². The van der Waals surface area contributed by atoms with Crippen LogP contribution in [0, 0.1) is 0 Å². The summed E-state index contributed by atoms with van der Waals surface area (Å²) in [6.45, 7) is 3.84. The number of amides is 1. The molecule has 6 heteroatoms. The fraction of sp³-hybridized carbons (Fsp3) is 0.350. The van der Waals surface area contributed by atoms with Gasteiger partial charge in [-0.25, -0.2) is 0 Å². The van der Waals surface area contributed by atoms with Gasteiger partial charge in [0.05, 0.1) is 11.6 Å². The van der Waals surface area contributed by atoms with Crippen molar-refractivity contribution >= 4 is 5.91 Å². The Morgan fingerprint density at radius 3 is 1.92 bits per heavy atom. The zero-order chi connectivity index (χ0) is 18.9. The van der Waals surface area contributed by atoms with Crippen molar-refractivity contribution < 1.29 is 18.0 Å². The molecule has 0 saturated carbocycles. The fourth-order valence-corrected chi connectivity index (χ4v) is 3.54. The third-order valence-electron chi connectivity index (χ3n) is 5.15. The van der Waals surface area contributed by atoms with Crippen LogP contribution >= 0.6 is 0 Å². The van der Waals surface area contributed by atoms with E-state index in [9.17, 15) is 18.0 Å². The molecule has 3 rings (SSSR count). The van der Waals surface area contributed by atoms with Crippen LogP contribution in [0.25, 0.3) is 0 Å². The maximum atomic E-state index is 12.6. The molecule has 1 saturated heterocycles. The normalized spacial score (nSPS) is 23.5. The summed E-state index contributed by atoms with van der Waals surface area (Å²) in [5, 5.41) is 2.16. The molecule has 1 aliphatic rings. The second-order valence-electron chi connectivity index (χ2n) is 6.94. The average Bonchev–Trinajstić information content (AvgIpc) is 2.62. The molecule has 1 amide bonds. The number of nitrogens with zero attached hydrogens (tertiary/aromatic N) is 1. The van der Waals surface area contributed by atoms with Crippen LogP contribution in [0.5, 0.6) is 0 Å². The van der Waals surface area contributed by atoms with E-state index < -0.39 is 17.6 Å². The molecule has 2 aromatic carbocycles. The van der Waals surface area contributed by atoms with Gasteiger partial charge in [-0.3, -0.25) is 9.69 Å². The van der Waals surface area contributed by atoms with Gasteiger partial charge in [-0.15, -0.1) is 0 Å². The Kier molecular flexibility index (Phi) is 4.80. The maximum Gasteiger partial charge on any atom is 0.471 e. The van der Waals surface area contributed by atoms with Crippen molar-refractivity contribution in [2.45, 2.75) is 37.6 Å². The minimum absolute atomic E-state index is 0.0803. The summed E-state index contributed by atoms with van der Waals surface area (Å²) in [6, 6.07) is 19.3. The van der Waals surface area contributed by atoms with Gasteiger partial charge in [0.2, 0.25) is 0 Å². The van der Waals surface area contributed by atoms with E-state index in [1.165, 1.54) is 0 Å². The van der Waals surface area contributed by atoms with Gasteiger partial charge in [0, 0.05) is 12.6 Å². The minimum atomic E-state index is -4.87. The highest BCUT2D eigenvalue weighted by molar-refractivity contribution is 5.82. The fourth-order valence-electron chi connectivity index (χ4n) is 3.54. The van der Waals surface area contributed by atoms with Crippen molar-refractivity contribution in [1.82, 2.24) is 10.2 Å². The first-order valence-corrected chi connectivity index (χ1v) is 8.47. The van der Waals surface area contributed by atoms with Crippen LogP contribution in [-0.2, 0) is 4.79 Å². The Morgan fingerprint density at radius 1 is 1.08 bits per heavy atom. The zero-order valence-corrected chi connectivity index (χ0v) is 14.6. The molecule has 2 aromatic rings. The predicted molar refractivity (Wildman–Crippen MR) is 93.5 cm³/mol. The Morgan fingerprint density at radius 2 is 1.54 bits per heavy atom. The first kappa shape index (κ1) is 18.5. The number of benzene rings is 2. The van der Waals surface area contributed by atoms with Crippen molar-refractivity contribution in [3.8, 4) is 0 Å². The van der Waals surface area contributed by atoms with Crippen molar-refractivity contribution in [2.75, 3.05) is 6.54 Å². The molecule has 2 unspecified atom stereocenters. The monoisotopic (exact) mass is 362 g/mol. The Labute approximate surface area is 150 Å². The van der Waals surface area contributed by atoms with Crippen LogP contribution in [-0.4, -0.2) is 35.1 Å². The number of rotatable bonds is 4. The summed E-state index contributed by atoms with van der Waals surface area (Å²) in [7, 11) is 0. The van der Waals surface area contributed by atoms with E-state index in [4.69, 9.17) is 0 Å². The highest BCUT2D eigenvalue weighted by Gasteiger charge is 2.53. The van der Waals surface area contributed by atoms with Crippen LogP contribution in [0.4, 0.5) is 13.2 Å². The quantitative estimate of drug-likeness (QED) is 0.894. The molecule has 138 valence electrons. The van der Waals surface area contributed by atoms with Gasteiger partial charge in [-0.1, -0.05) is 60.7 Å². The number of likely N-dealkylation sites (tertiary alicyclic amines) is 1. The van der Waals surface area contributed by atoms with Crippen molar-refractivity contribution in [3.63, 3.8) is 0 Å². The van der Waals surface area contributed by atoms with Gasteiger partial charge in [-0.05, 0) is 25.0 Å². The number of hydrogen-bond acceptors (Lipinski definition) is 2. The number of hydrogen-bond donors (Lipinski definition) is 1. The summed E-state index contributed by atoms with van der Waals surface area (Å²) in [5.41, 5.74) is 1.21. The van der Waals surface area contributed by atoms with Crippen LogP contribution in [0.2, 0.25) is 0 Å². The van der Waals surface area contributed by atoms with Crippen LogP contribution in [0.3, 0.4) is 0 Å². The summed E-state index contributed by atoms with van der Waals surface area (Å²) in [5.74, 6) is -1.89. The Hall–Kier alpha value is -2.34. The van der Waals surface area contributed by atoms with Gasteiger partial charge < -0.3 is 5.32 Å². The van der Waals surface area contributed by atoms with E-state index in [0.717, 1.165) is 11.1 Å². The number of carbonyl (C=O) groups excluding carboxylic acids is 1. The third kappa shape index (κ3) is 3.46. The first-order chi connectivity index (χ1) is 12.2.